The summed E-state index contributed by atoms with van der Waals surface area (Å²) in [5, 5.41) is 1.92. The molecule has 4 heteroatoms. The number of aromatic nitrogens is 1. The second kappa shape index (κ2) is 4.52. The number of nitrogens with one attached hydrogen (secondary N) is 1. The van der Waals surface area contributed by atoms with Gasteiger partial charge in [0.2, 0.25) is 5.91 Å². The van der Waals surface area contributed by atoms with Gasteiger partial charge in [-0.2, -0.15) is 0 Å². The molecule has 0 radical (unpaired) electrons. The van der Waals surface area contributed by atoms with E-state index in [-0.39, 0.29) is 5.92 Å². The summed E-state index contributed by atoms with van der Waals surface area (Å²) in [6.45, 7) is 1.56. The fourth-order valence-electron chi connectivity index (χ4n) is 3.29. The number of hydrogen-bond donors (Lipinski definition) is 1. The Hall–Kier alpha value is -1.48. The van der Waals surface area contributed by atoms with Gasteiger partial charge in [-0.25, -0.2) is 0 Å². The lowest BCUT2D eigenvalue weighted by Gasteiger charge is -2.34. The van der Waals surface area contributed by atoms with Crippen LogP contribution in [-0.2, 0) is 17.8 Å². The highest BCUT2D eigenvalue weighted by Gasteiger charge is 2.32. The highest BCUT2D eigenvalue weighted by molar-refractivity contribution is 6.31. The summed E-state index contributed by atoms with van der Waals surface area (Å²) < 4.78 is 0. The molecule has 1 amide bonds. The van der Waals surface area contributed by atoms with Crippen molar-refractivity contribution in [3.05, 3.63) is 34.5 Å². The number of fused-ring (bicyclic) bond motifs is 3. The molecule has 1 saturated carbocycles. The molecule has 0 atom stereocenters. The van der Waals surface area contributed by atoms with Gasteiger partial charge in [0.25, 0.3) is 0 Å². The number of carbonyl (C=O) groups is 1. The van der Waals surface area contributed by atoms with E-state index in [2.05, 4.69) is 4.98 Å². The zero-order chi connectivity index (χ0) is 13.7. The maximum absolute atomic E-state index is 12.4. The maximum atomic E-state index is 12.4. The molecule has 1 aromatic carbocycles. The molecule has 2 aromatic rings. The summed E-state index contributed by atoms with van der Waals surface area (Å²) >= 11 is 6.10. The highest BCUT2D eigenvalue weighted by Crippen LogP contribution is 2.33. The number of halogens is 1. The van der Waals surface area contributed by atoms with Gasteiger partial charge in [0, 0.05) is 52.6 Å². The summed E-state index contributed by atoms with van der Waals surface area (Å²) in [6, 6.07) is 5.93. The summed E-state index contributed by atoms with van der Waals surface area (Å²) in [4.78, 5) is 17.9. The zero-order valence-electron chi connectivity index (χ0n) is 11.3. The number of carbonyl (C=O) groups excluding carboxylic acids is 1. The summed E-state index contributed by atoms with van der Waals surface area (Å²) in [5.74, 6) is 0.628. The van der Waals surface area contributed by atoms with Gasteiger partial charge in [-0.3, -0.25) is 4.79 Å². The smallest absolute Gasteiger partial charge is 0.225 e. The lowest BCUT2D eigenvalue weighted by atomic mass is 9.84. The predicted molar refractivity (Wildman–Crippen MR) is 79.8 cm³/mol. The van der Waals surface area contributed by atoms with Gasteiger partial charge >= 0.3 is 0 Å². The Morgan fingerprint density at radius 1 is 1.35 bits per heavy atom. The standard InChI is InChI=1S/C16H17ClN2O/c17-11-4-5-14-12(8-11)13-9-19(7-6-15(13)18-14)16(20)10-2-1-3-10/h4-5,8,10,18H,1-3,6-7,9H2. The topological polar surface area (TPSA) is 36.1 Å². The quantitative estimate of drug-likeness (QED) is 0.856. The number of rotatable bonds is 1. The predicted octanol–water partition coefficient (Wildman–Crippen LogP) is 3.51. The number of nitrogens with zero attached hydrogens (tertiary/aromatic N) is 1. The Labute approximate surface area is 122 Å². The van der Waals surface area contributed by atoms with Crippen molar-refractivity contribution in [1.82, 2.24) is 9.88 Å². The third-order valence-electron chi connectivity index (χ3n) is 4.70. The average molecular weight is 289 g/mol. The van der Waals surface area contributed by atoms with Gasteiger partial charge in [-0.05, 0) is 31.0 Å². The van der Waals surface area contributed by atoms with Crippen molar-refractivity contribution in [2.45, 2.75) is 32.2 Å². The van der Waals surface area contributed by atoms with E-state index in [1.807, 2.05) is 23.1 Å². The molecule has 3 nitrogen and oxygen atoms in total. The number of benzene rings is 1. The molecule has 1 aliphatic carbocycles. The largest absolute Gasteiger partial charge is 0.358 e. The molecule has 0 saturated heterocycles. The molecular weight excluding hydrogens is 272 g/mol. The SMILES string of the molecule is O=C(C1CCC1)N1CCc2[nH]c3ccc(Cl)cc3c2C1. The Kier molecular flexibility index (Phi) is 2.77. The van der Waals surface area contributed by atoms with Crippen molar-refractivity contribution in [3.63, 3.8) is 0 Å². The first-order valence-electron chi connectivity index (χ1n) is 7.30. The molecule has 20 heavy (non-hydrogen) atoms. The molecule has 1 aliphatic heterocycles. The van der Waals surface area contributed by atoms with Crippen LogP contribution in [-0.4, -0.2) is 22.3 Å². The van der Waals surface area contributed by atoms with E-state index in [0.29, 0.717) is 5.91 Å². The molecule has 2 aliphatic rings. The van der Waals surface area contributed by atoms with Crippen LogP contribution < -0.4 is 0 Å². The molecule has 104 valence electrons. The third kappa shape index (κ3) is 1.84. The molecule has 0 bridgehead atoms. The van der Waals surface area contributed by atoms with E-state index < -0.39 is 0 Å². The molecule has 0 unspecified atom stereocenters. The number of aromatic amines is 1. The second-order valence-electron chi connectivity index (χ2n) is 5.91. The lowest BCUT2D eigenvalue weighted by Crippen LogP contribution is -2.41. The van der Waals surface area contributed by atoms with E-state index in [1.54, 1.807) is 0 Å². The number of H-pyrrole nitrogens is 1. The van der Waals surface area contributed by atoms with Crippen LogP contribution in [0.25, 0.3) is 10.9 Å². The van der Waals surface area contributed by atoms with Crippen LogP contribution in [0, 0.1) is 5.92 Å². The fraction of sp³-hybridized carbons (Fsp3) is 0.438. The van der Waals surface area contributed by atoms with Crippen molar-refractivity contribution in [2.24, 2.45) is 5.92 Å². The minimum absolute atomic E-state index is 0.283. The van der Waals surface area contributed by atoms with Crippen molar-refractivity contribution < 1.29 is 4.79 Å². The Bertz CT molecular complexity index is 687. The summed E-state index contributed by atoms with van der Waals surface area (Å²) in [5.41, 5.74) is 3.64. The van der Waals surface area contributed by atoms with Crippen molar-refractivity contribution in [1.29, 1.82) is 0 Å². The van der Waals surface area contributed by atoms with Crippen LogP contribution >= 0.6 is 11.6 Å². The molecule has 1 N–H and O–H groups in total. The van der Waals surface area contributed by atoms with Crippen molar-refractivity contribution in [2.75, 3.05) is 6.54 Å². The Morgan fingerprint density at radius 3 is 2.95 bits per heavy atom. The average Bonchev–Trinajstić information content (AvgIpc) is 2.74. The molecular formula is C16H17ClN2O. The first-order valence-corrected chi connectivity index (χ1v) is 7.68. The summed E-state index contributed by atoms with van der Waals surface area (Å²) in [7, 11) is 0. The normalized spacial score (nSPS) is 18.9. The minimum atomic E-state index is 0.283. The molecule has 4 rings (SSSR count). The molecule has 2 heterocycles. The van der Waals surface area contributed by atoms with E-state index in [9.17, 15) is 4.79 Å². The van der Waals surface area contributed by atoms with Crippen LogP contribution in [0.4, 0.5) is 0 Å². The Morgan fingerprint density at radius 2 is 2.20 bits per heavy atom. The van der Waals surface area contributed by atoms with Crippen LogP contribution in [0.2, 0.25) is 5.02 Å². The van der Waals surface area contributed by atoms with Gasteiger partial charge in [0.15, 0.2) is 0 Å². The number of amides is 1. The van der Waals surface area contributed by atoms with Crippen LogP contribution in [0.3, 0.4) is 0 Å². The van der Waals surface area contributed by atoms with Crippen molar-refractivity contribution in [3.8, 4) is 0 Å². The monoisotopic (exact) mass is 288 g/mol. The molecule has 0 spiro atoms. The lowest BCUT2D eigenvalue weighted by molar-refractivity contribution is -0.139. The van der Waals surface area contributed by atoms with Gasteiger partial charge in [-0.1, -0.05) is 18.0 Å². The first kappa shape index (κ1) is 12.3. The first-order chi connectivity index (χ1) is 9.72. The van der Waals surface area contributed by atoms with E-state index in [1.165, 1.54) is 23.1 Å². The number of hydrogen-bond acceptors (Lipinski definition) is 1. The fourth-order valence-corrected chi connectivity index (χ4v) is 3.46. The van der Waals surface area contributed by atoms with Crippen LogP contribution in [0.5, 0.6) is 0 Å². The van der Waals surface area contributed by atoms with Gasteiger partial charge in [0.1, 0.15) is 0 Å². The zero-order valence-corrected chi connectivity index (χ0v) is 12.0. The molecule has 1 fully saturated rings. The minimum Gasteiger partial charge on any atom is -0.358 e. The van der Waals surface area contributed by atoms with E-state index in [0.717, 1.165) is 42.9 Å². The second-order valence-corrected chi connectivity index (χ2v) is 6.35. The van der Waals surface area contributed by atoms with Crippen LogP contribution in [0.15, 0.2) is 18.2 Å². The summed E-state index contributed by atoms with van der Waals surface area (Å²) in [6.07, 6.45) is 4.27. The molecule has 1 aromatic heterocycles. The highest BCUT2D eigenvalue weighted by atomic mass is 35.5. The van der Waals surface area contributed by atoms with Crippen LogP contribution in [0.1, 0.15) is 30.5 Å². The van der Waals surface area contributed by atoms with Crippen molar-refractivity contribution >= 4 is 28.4 Å². The maximum Gasteiger partial charge on any atom is 0.225 e. The van der Waals surface area contributed by atoms with E-state index in [4.69, 9.17) is 11.6 Å². The van der Waals surface area contributed by atoms with Gasteiger partial charge < -0.3 is 9.88 Å². The van der Waals surface area contributed by atoms with Gasteiger partial charge in [-0.15, -0.1) is 0 Å². The Balaban J connectivity index is 1.68. The van der Waals surface area contributed by atoms with Gasteiger partial charge in [0.05, 0.1) is 0 Å². The van der Waals surface area contributed by atoms with E-state index >= 15 is 0 Å². The third-order valence-corrected chi connectivity index (χ3v) is 4.94.